The first-order chi connectivity index (χ1) is 8.83. The third-order valence-electron chi connectivity index (χ3n) is 2.86. The molecule has 2 aromatic rings. The van der Waals surface area contributed by atoms with E-state index in [1.807, 2.05) is 6.07 Å². The first-order valence-electron chi connectivity index (χ1n) is 5.64. The van der Waals surface area contributed by atoms with Crippen molar-refractivity contribution in [1.29, 1.82) is 5.26 Å². The fourth-order valence-electron chi connectivity index (χ4n) is 2.19. The monoisotopic (exact) mass is 295 g/mol. The van der Waals surface area contributed by atoms with Crippen LogP contribution in [0.5, 0.6) is 0 Å². The van der Waals surface area contributed by atoms with E-state index in [4.69, 9.17) is 17.5 Å². The van der Waals surface area contributed by atoms with E-state index in [1.54, 1.807) is 23.6 Å². The number of fused-ring (bicyclic) bond motifs is 1. The van der Waals surface area contributed by atoms with Crippen LogP contribution in [-0.4, -0.2) is 30.0 Å². The van der Waals surface area contributed by atoms with Crippen LogP contribution in [0.4, 0.5) is 0 Å². The van der Waals surface area contributed by atoms with Gasteiger partial charge < -0.3 is 9.55 Å². The van der Waals surface area contributed by atoms with Gasteiger partial charge in [0.25, 0.3) is 0 Å². The molecule has 5 nitrogen and oxygen atoms in total. The van der Waals surface area contributed by atoms with Gasteiger partial charge in [-0.1, -0.05) is 6.07 Å². The number of nitriles is 1. The maximum absolute atomic E-state index is 11.4. The molecule has 0 amide bonds. The highest BCUT2D eigenvalue weighted by molar-refractivity contribution is 7.90. The van der Waals surface area contributed by atoms with Crippen LogP contribution in [0.15, 0.2) is 18.2 Å². The summed E-state index contributed by atoms with van der Waals surface area (Å²) in [7, 11) is -3.10. The molecule has 1 unspecified atom stereocenters. The smallest absolute Gasteiger partial charge is 0.178 e. The molecule has 100 valence electrons. The molecule has 19 heavy (non-hydrogen) atoms. The van der Waals surface area contributed by atoms with Crippen LogP contribution in [0.2, 0.25) is 0 Å². The zero-order valence-electron chi connectivity index (χ0n) is 10.5. The van der Waals surface area contributed by atoms with Gasteiger partial charge in [-0.3, -0.25) is 0 Å². The average molecular weight is 295 g/mol. The number of nitrogens with zero attached hydrogens (tertiary/aromatic N) is 2. The van der Waals surface area contributed by atoms with E-state index in [0.29, 0.717) is 15.9 Å². The number of hydrogen-bond donors (Lipinski definition) is 1. The minimum atomic E-state index is -3.10. The fraction of sp³-hybridized carbons (Fsp3) is 0.333. The molecule has 0 saturated heterocycles. The summed E-state index contributed by atoms with van der Waals surface area (Å²) in [6.45, 7) is 1.79. The summed E-state index contributed by atoms with van der Waals surface area (Å²) < 4.78 is 25.0. The number of hydrogen-bond acceptors (Lipinski definition) is 4. The molecule has 0 aliphatic rings. The SMILES string of the molecule is CC(CS(C)(=O)=O)n1c(=S)[nH]c2c(C#N)cccc21. The van der Waals surface area contributed by atoms with Crippen molar-refractivity contribution in [3.8, 4) is 6.07 Å². The summed E-state index contributed by atoms with van der Waals surface area (Å²) in [5, 5.41) is 9.05. The second-order valence-electron chi connectivity index (χ2n) is 4.55. The van der Waals surface area contributed by atoms with E-state index in [2.05, 4.69) is 11.1 Å². The van der Waals surface area contributed by atoms with E-state index in [-0.39, 0.29) is 11.8 Å². The Morgan fingerprint density at radius 1 is 1.53 bits per heavy atom. The lowest BCUT2D eigenvalue weighted by Crippen LogP contribution is -2.16. The standard InChI is InChI=1S/C12H13N3O2S2/c1-8(7-19(2,16)17)15-10-5-3-4-9(6-13)11(10)14-12(15)18/h3-5,8H,7H2,1-2H3,(H,14,18). The van der Waals surface area contributed by atoms with Crippen LogP contribution < -0.4 is 0 Å². The minimum Gasteiger partial charge on any atom is -0.329 e. The molecule has 0 aliphatic heterocycles. The second-order valence-corrected chi connectivity index (χ2v) is 7.12. The average Bonchev–Trinajstić information content (AvgIpc) is 2.62. The zero-order valence-corrected chi connectivity index (χ0v) is 12.2. The van der Waals surface area contributed by atoms with Crippen LogP contribution in [0.3, 0.4) is 0 Å². The number of benzene rings is 1. The molecule has 0 spiro atoms. The van der Waals surface area contributed by atoms with Gasteiger partial charge in [-0.25, -0.2) is 8.42 Å². The Morgan fingerprint density at radius 2 is 2.21 bits per heavy atom. The summed E-state index contributed by atoms with van der Waals surface area (Å²) in [5.41, 5.74) is 1.89. The number of aromatic nitrogens is 2. The molecule has 0 fully saturated rings. The number of rotatable bonds is 3. The van der Waals surface area contributed by atoms with Crippen LogP contribution in [0.25, 0.3) is 11.0 Å². The quantitative estimate of drug-likeness (QED) is 0.880. The molecule has 1 atom stereocenters. The summed E-state index contributed by atoms with van der Waals surface area (Å²) in [5.74, 6) is 0.00500. The van der Waals surface area contributed by atoms with Crippen molar-refractivity contribution in [3.05, 3.63) is 28.5 Å². The van der Waals surface area contributed by atoms with Crippen LogP contribution >= 0.6 is 12.2 Å². The lowest BCUT2D eigenvalue weighted by Gasteiger charge is -2.13. The highest BCUT2D eigenvalue weighted by Crippen LogP contribution is 2.22. The van der Waals surface area contributed by atoms with Crippen LogP contribution in [0, 0.1) is 16.1 Å². The predicted molar refractivity (Wildman–Crippen MR) is 76.3 cm³/mol. The Hall–Kier alpha value is -1.65. The first kappa shape index (κ1) is 13.8. The van der Waals surface area contributed by atoms with E-state index in [1.165, 1.54) is 6.26 Å². The molecular formula is C12H13N3O2S2. The lowest BCUT2D eigenvalue weighted by atomic mass is 10.2. The molecule has 1 aromatic carbocycles. The van der Waals surface area contributed by atoms with E-state index in [9.17, 15) is 8.42 Å². The van der Waals surface area contributed by atoms with Gasteiger partial charge in [0.15, 0.2) is 4.77 Å². The maximum Gasteiger partial charge on any atom is 0.178 e. The Morgan fingerprint density at radius 3 is 2.79 bits per heavy atom. The third-order valence-corrected chi connectivity index (χ3v) is 4.24. The number of imidazole rings is 1. The highest BCUT2D eigenvalue weighted by Gasteiger charge is 2.17. The Bertz CT molecular complexity index is 825. The molecule has 0 aliphatic carbocycles. The highest BCUT2D eigenvalue weighted by atomic mass is 32.2. The summed E-state index contributed by atoms with van der Waals surface area (Å²) in [6, 6.07) is 7.07. The van der Waals surface area contributed by atoms with Crippen molar-refractivity contribution >= 4 is 33.1 Å². The molecule has 2 rings (SSSR count). The van der Waals surface area contributed by atoms with Gasteiger partial charge in [0, 0.05) is 12.3 Å². The maximum atomic E-state index is 11.4. The molecule has 1 aromatic heterocycles. The molecule has 7 heteroatoms. The second kappa shape index (κ2) is 4.79. The van der Waals surface area contributed by atoms with E-state index < -0.39 is 9.84 Å². The van der Waals surface area contributed by atoms with Gasteiger partial charge in [0.05, 0.1) is 22.3 Å². The van der Waals surface area contributed by atoms with Crippen molar-refractivity contribution in [2.24, 2.45) is 0 Å². The minimum absolute atomic E-state index is 0.00500. The Labute approximate surface area is 116 Å². The predicted octanol–water partition coefficient (Wildman–Crippen LogP) is 2.18. The number of para-hydroxylation sites is 1. The fourth-order valence-corrected chi connectivity index (χ4v) is 3.60. The molecular weight excluding hydrogens is 282 g/mol. The van der Waals surface area contributed by atoms with Crippen molar-refractivity contribution in [1.82, 2.24) is 9.55 Å². The van der Waals surface area contributed by atoms with Crippen molar-refractivity contribution in [2.45, 2.75) is 13.0 Å². The van der Waals surface area contributed by atoms with Crippen molar-refractivity contribution in [2.75, 3.05) is 12.0 Å². The van der Waals surface area contributed by atoms with Gasteiger partial charge >= 0.3 is 0 Å². The Kier molecular flexibility index (Phi) is 3.47. The molecule has 0 radical (unpaired) electrons. The van der Waals surface area contributed by atoms with Crippen LogP contribution in [0.1, 0.15) is 18.5 Å². The Balaban J connectivity index is 2.66. The molecule has 0 saturated carbocycles. The number of nitrogens with one attached hydrogen (secondary N) is 1. The number of H-pyrrole nitrogens is 1. The van der Waals surface area contributed by atoms with E-state index in [0.717, 1.165) is 5.52 Å². The lowest BCUT2D eigenvalue weighted by molar-refractivity contribution is 0.566. The summed E-state index contributed by atoms with van der Waals surface area (Å²) >= 11 is 5.23. The normalized spacial score (nSPS) is 13.3. The van der Waals surface area contributed by atoms with Gasteiger partial charge in [0.1, 0.15) is 15.9 Å². The zero-order chi connectivity index (χ0) is 14.2. The van der Waals surface area contributed by atoms with E-state index >= 15 is 0 Å². The molecule has 0 bridgehead atoms. The van der Waals surface area contributed by atoms with Gasteiger partial charge in [-0.05, 0) is 31.3 Å². The van der Waals surface area contributed by atoms with Crippen molar-refractivity contribution < 1.29 is 8.42 Å². The van der Waals surface area contributed by atoms with Gasteiger partial charge in [0.2, 0.25) is 0 Å². The molecule has 1 N–H and O–H groups in total. The summed E-state index contributed by atoms with van der Waals surface area (Å²) in [6.07, 6.45) is 1.20. The summed E-state index contributed by atoms with van der Waals surface area (Å²) in [4.78, 5) is 2.97. The molecule has 1 heterocycles. The third kappa shape index (κ3) is 2.69. The number of aromatic amines is 1. The van der Waals surface area contributed by atoms with Crippen molar-refractivity contribution in [3.63, 3.8) is 0 Å². The van der Waals surface area contributed by atoms with Gasteiger partial charge in [-0.15, -0.1) is 0 Å². The topological polar surface area (TPSA) is 78.7 Å². The first-order valence-corrected chi connectivity index (χ1v) is 8.11. The number of sulfone groups is 1. The van der Waals surface area contributed by atoms with Crippen LogP contribution in [-0.2, 0) is 9.84 Å². The largest absolute Gasteiger partial charge is 0.329 e. The van der Waals surface area contributed by atoms with Gasteiger partial charge in [-0.2, -0.15) is 5.26 Å².